The molecule has 1 N–H and O–H groups in total. The van der Waals surface area contributed by atoms with E-state index in [2.05, 4.69) is 59.2 Å². The summed E-state index contributed by atoms with van der Waals surface area (Å²) in [5.41, 5.74) is 8.20. The van der Waals surface area contributed by atoms with Gasteiger partial charge in [0.05, 0.1) is 28.5 Å². The highest BCUT2D eigenvalue weighted by Gasteiger charge is 2.62. The third-order valence-electron chi connectivity index (χ3n) is 10.1. The van der Waals surface area contributed by atoms with Crippen LogP contribution < -0.4 is 9.64 Å². The standard InChI is InChI=1S/C36H41N5O3/c1-23-27(14-13-26-20-40(17-15-29(23)26)25(3)34(38-5)24(2)37-4)22-44-32-11-7-6-9-30(32)31-10-8-12-33(39-31)41-18-16-36(35(42)43)19-28(36)21-41/h6-14,25,28H,4-5,15-22H2,1-3H3,(H,42,43)/b34-24-/t25?,28?,36-/m1/s1. The number of carboxylic acids is 1. The van der Waals surface area contributed by atoms with E-state index in [-0.39, 0.29) is 12.0 Å². The van der Waals surface area contributed by atoms with Crippen molar-refractivity contribution < 1.29 is 14.6 Å². The van der Waals surface area contributed by atoms with E-state index in [9.17, 15) is 9.90 Å². The van der Waals surface area contributed by atoms with E-state index >= 15 is 0 Å². The average Bonchev–Trinajstić information content (AvgIpc) is 3.80. The normalized spacial score (nSPS) is 22.2. The Morgan fingerprint density at radius 2 is 1.95 bits per heavy atom. The Morgan fingerprint density at radius 3 is 2.70 bits per heavy atom. The van der Waals surface area contributed by atoms with Crippen LogP contribution in [0.25, 0.3) is 11.3 Å². The van der Waals surface area contributed by atoms with E-state index in [4.69, 9.17) is 9.72 Å². The van der Waals surface area contributed by atoms with Gasteiger partial charge in [0, 0.05) is 31.7 Å². The molecule has 6 rings (SSSR count). The maximum atomic E-state index is 11.7. The Hall–Kier alpha value is -4.30. The number of carboxylic acid groups (broad SMARTS) is 1. The Kier molecular flexibility index (Phi) is 8.12. The lowest BCUT2D eigenvalue weighted by Gasteiger charge is -2.35. The molecule has 1 saturated carbocycles. The fourth-order valence-corrected chi connectivity index (χ4v) is 7.10. The largest absolute Gasteiger partial charge is 0.488 e. The lowest BCUT2D eigenvalue weighted by molar-refractivity contribution is -0.144. The molecule has 1 aliphatic carbocycles. The summed E-state index contributed by atoms with van der Waals surface area (Å²) in [7, 11) is 0. The Morgan fingerprint density at radius 1 is 1.14 bits per heavy atom. The summed E-state index contributed by atoms with van der Waals surface area (Å²) in [5.74, 6) is 1.24. The number of rotatable bonds is 10. The SMILES string of the molecule is C=N/C(C)=C(\N=C)C(C)N1CCc2c(ccc(COc3ccccc3-c3cccc(N4CC[C@@]5(C(=O)O)CC5C4)n3)c2C)C1. The second-order valence-corrected chi connectivity index (χ2v) is 12.4. The van der Waals surface area contributed by atoms with Crippen molar-refractivity contribution in [3.63, 3.8) is 0 Å². The fourth-order valence-electron chi connectivity index (χ4n) is 7.10. The molecule has 44 heavy (non-hydrogen) atoms. The van der Waals surface area contributed by atoms with E-state index < -0.39 is 11.4 Å². The maximum absolute atomic E-state index is 11.7. The van der Waals surface area contributed by atoms with Crippen LogP contribution in [0.3, 0.4) is 0 Å². The zero-order valence-corrected chi connectivity index (χ0v) is 25.9. The van der Waals surface area contributed by atoms with Gasteiger partial charge >= 0.3 is 5.97 Å². The van der Waals surface area contributed by atoms with Crippen molar-refractivity contribution >= 4 is 25.2 Å². The molecule has 2 unspecified atom stereocenters. The number of aromatic nitrogens is 1. The fraction of sp³-hybridized carbons (Fsp3) is 0.389. The summed E-state index contributed by atoms with van der Waals surface area (Å²) in [6, 6.07) is 18.6. The highest BCUT2D eigenvalue weighted by molar-refractivity contribution is 5.79. The van der Waals surface area contributed by atoms with Crippen molar-refractivity contribution in [2.24, 2.45) is 21.3 Å². The highest BCUT2D eigenvalue weighted by atomic mass is 16.5. The molecular formula is C36H41N5O3. The molecule has 3 atom stereocenters. The predicted octanol–water partition coefficient (Wildman–Crippen LogP) is 6.32. The van der Waals surface area contributed by atoms with Crippen LogP contribution in [0.15, 0.2) is 76.0 Å². The first-order valence-corrected chi connectivity index (χ1v) is 15.4. The quantitative estimate of drug-likeness (QED) is 0.278. The number of anilines is 1. The van der Waals surface area contributed by atoms with Gasteiger partial charge < -0.3 is 14.7 Å². The van der Waals surface area contributed by atoms with Crippen molar-refractivity contribution in [2.45, 2.75) is 59.2 Å². The third-order valence-corrected chi connectivity index (χ3v) is 10.1. The number of hydrogen-bond acceptors (Lipinski definition) is 7. The van der Waals surface area contributed by atoms with Gasteiger partial charge in [-0.15, -0.1) is 0 Å². The molecule has 0 amide bonds. The van der Waals surface area contributed by atoms with E-state index in [0.717, 1.165) is 66.7 Å². The molecular weight excluding hydrogens is 550 g/mol. The van der Waals surface area contributed by atoms with Gasteiger partial charge in [-0.2, -0.15) is 0 Å². The number of fused-ring (bicyclic) bond motifs is 2. The molecule has 8 nitrogen and oxygen atoms in total. The van der Waals surface area contributed by atoms with Crippen LogP contribution in [0.2, 0.25) is 0 Å². The molecule has 2 fully saturated rings. The Labute approximate surface area is 259 Å². The number of hydrogen-bond donors (Lipinski definition) is 1. The first kappa shape index (κ1) is 29.8. The molecule has 1 aromatic heterocycles. The minimum atomic E-state index is -0.648. The Balaban J connectivity index is 1.16. The monoisotopic (exact) mass is 591 g/mol. The van der Waals surface area contributed by atoms with Crippen LogP contribution in [-0.2, 0) is 24.4 Å². The van der Waals surface area contributed by atoms with Crippen molar-refractivity contribution in [2.75, 3.05) is 24.5 Å². The summed E-state index contributed by atoms with van der Waals surface area (Å²) in [5, 5.41) is 9.65. The molecule has 0 radical (unpaired) electrons. The summed E-state index contributed by atoms with van der Waals surface area (Å²) in [4.78, 5) is 29.7. The van der Waals surface area contributed by atoms with Crippen molar-refractivity contribution in [3.8, 4) is 17.0 Å². The van der Waals surface area contributed by atoms with Crippen molar-refractivity contribution in [1.29, 1.82) is 0 Å². The molecule has 3 aliphatic rings. The number of allylic oxidation sites excluding steroid dienone is 1. The molecule has 3 aromatic rings. The first-order chi connectivity index (χ1) is 21.3. The molecule has 0 bridgehead atoms. The second-order valence-electron chi connectivity index (χ2n) is 12.4. The topological polar surface area (TPSA) is 90.6 Å². The molecule has 8 heteroatoms. The van der Waals surface area contributed by atoms with Gasteiger partial charge in [0.2, 0.25) is 0 Å². The van der Waals surface area contributed by atoms with Crippen molar-refractivity contribution in [1.82, 2.24) is 9.88 Å². The Bertz CT molecular complexity index is 1650. The molecule has 2 aliphatic heterocycles. The summed E-state index contributed by atoms with van der Waals surface area (Å²) >= 11 is 0. The molecule has 0 spiro atoms. The van der Waals surface area contributed by atoms with Gasteiger partial charge in [-0.25, -0.2) is 4.98 Å². The lowest BCUT2D eigenvalue weighted by atomic mass is 9.91. The van der Waals surface area contributed by atoms with Crippen molar-refractivity contribution in [3.05, 3.63) is 88.2 Å². The van der Waals surface area contributed by atoms with Crippen LogP contribution >= 0.6 is 0 Å². The van der Waals surface area contributed by atoms with Gasteiger partial charge in [0.25, 0.3) is 0 Å². The van der Waals surface area contributed by atoms with Crippen LogP contribution in [-0.4, -0.2) is 60.1 Å². The molecule has 1 saturated heterocycles. The summed E-state index contributed by atoms with van der Waals surface area (Å²) in [6.45, 7) is 17.4. The van der Waals surface area contributed by atoms with Gasteiger partial charge in [0.1, 0.15) is 18.2 Å². The average molecular weight is 592 g/mol. The van der Waals surface area contributed by atoms with Gasteiger partial charge in [-0.3, -0.25) is 19.7 Å². The summed E-state index contributed by atoms with van der Waals surface area (Å²) < 4.78 is 6.47. The summed E-state index contributed by atoms with van der Waals surface area (Å²) in [6.07, 6.45) is 2.40. The zero-order valence-electron chi connectivity index (χ0n) is 25.9. The first-order valence-electron chi connectivity index (χ1n) is 15.4. The van der Waals surface area contributed by atoms with E-state index in [1.54, 1.807) is 0 Å². The van der Waals surface area contributed by atoms with Crippen LogP contribution in [0.1, 0.15) is 48.9 Å². The minimum Gasteiger partial charge on any atom is -0.488 e. The number of aliphatic carboxylic acids is 1. The van der Waals surface area contributed by atoms with Crippen LogP contribution in [0.5, 0.6) is 5.75 Å². The molecule has 228 valence electrons. The number of pyridine rings is 1. The molecule has 3 heterocycles. The number of aliphatic imine (C=N–C) groups is 2. The number of benzene rings is 2. The predicted molar refractivity (Wildman–Crippen MR) is 176 cm³/mol. The van der Waals surface area contributed by atoms with E-state index in [1.165, 1.54) is 22.3 Å². The smallest absolute Gasteiger partial charge is 0.310 e. The maximum Gasteiger partial charge on any atom is 0.310 e. The van der Waals surface area contributed by atoms with Crippen LogP contribution in [0, 0.1) is 18.3 Å². The second kappa shape index (κ2) is 12.0. The number of piperidine rings is 1. The van der Waals surface area contributed by atoms with Gasteiger partial charge in [0.15, 0.2) is 0 Å². The van der Waals surface area contributed by atoms with Gasteiger partial charge in [-0.1, -0.05) is 30.3 Å². The third kappa shape index (κ3) is 5.43. The van der Waals surface area contributed by atoms with Crippen LogP contribution in [0.4, 0.5) is 5.82 Å². The number of ether oxygens (including phenoxy) is 1. The number of para-hydroxylation sites is 1. The number of nitrogens with zero attached hydrogens (tertiary/aromatic N) is 5. The van der Waals surface area contributed by atoms with Gasteiger partial charge in [-0.05, 0) is 106 Å². The van der Waals surface area contributed by atoms with E-state index in [1.807, 2.05) is 49.4 Å². The van der Waals surface area contributed by atoms with E-state index in [0.29, 0.717) is 19.6 Å². The number of carbonyl (C=O) groups is 1. The lowest BCUT2D eigenvalue weighted by Crippen LogP contribution is -2.39. The highest BCUT2D eigenvalue weighted by Crippen LogP contribution is 2.58. The zero-order chi connectivity index (χ0) is 31.0. The molecule has 2 aromatic carbocycles. The minimum absolute atomic E-state index is 0.111.